The quantitative estimate of drug-likeness (QED) is 0.521. The van der Waals surface area contributed by atoms with Crippen molar-refractivity contribution in [2.45, 2.75) is 51.6 Å². The molecule has 1 saturated carbocycles. The van der Waals surface area contributed by atoms with Gasteiger partial charge >= 0.3 is 0 Å². The SMILES string of the molecule is C#CCCCC(O)C1CCC(C)C1. The van der Waals surface area contributed by atoms with Crippen LogP contribution in [0, 0.1) is 24.2 Å². The summed E-state index contributed by atoms with van der Waals surface area (Å²) in [5.41, 5.74) is 0. The van der Waals surface area contributed by atoms with E-state index in [0.717, 1.165) is 25.2 Å². The first-order valence-corrected chi connectivity index (χ1v) is 5.35. The first-order valence-electron chi connectivity index (χ1n) is 5.35. The molecule has 13 heavy (non-hydrogen) atoms. The highest BCUT2D eigenvalue weighted by atomic mass is 16.3. The number of unbranched alkanes of at least 4 members (excludes halogenated alkanes) is 1. The highest BCUT2D eigenvalue weighted by Gasteiger charge is 2.26. The molecule has 0 saturated heterocycles. The van der Waals surface area contributed by atoms with Crippen LogP contribution in [0.4, 0.5) is 0 Å². The van der Waals surface area contributed by atoms with E-state index in [2.05, 4.69) is 12.8 Å². The van der Waals surface area contributed by atoms with E-state index in [1.165, 1.54) is 19.3 Å². The van der Waals surface area contributed by atoms with Crippen molar-refractivity contribution in [2.24, 2.45) is 11.8 Å². The largest absolute Gasteiger partial charge is 0.393 e. The first-order chi connectivity index (χ1) is 6.24. The van der Waals surface area contributed by atoms with Crippen LogP contribution < -0.4 is 0 Å². The molecule has 1 fully saturated rings. The molecular formula is C12H20O. The molecule has 0 aromatic rings. The second kappa shape index (κ2) is 5.29. The van der Waals surface area contributed by atoms with Crippen molar-refractivity contribution in [3.05, 3.63) is 0 Å². The van der Waals surface area contributed by atoms with Crippen LogP contribution in [-0.4, -0.2) is 11.2 Å². The Balaban J connectivity index is 2.16. The van der Waals surface area contributed by atoms with Gasteiger partial charge < -0.3 is 5.11 Å². The number of aliphatic hydroxyl groups is 1. The molecule has 74 valence electrons. The minimum atomic E-state index is -0.0988. The summed E-state index contributed by atoms with van der Waals surface area (Å²) in [7, 11) is 0. The predicted molar refractivity (Wildman–Crippen MR) is 55.2 cm³/mol. The summed E-state index contributed by atoms with van der Waals surface area (Å²) in [6, 6.07) is 0. The average molecular weight is 180 g/mol. The van der Waals surface area contributed by atoms with Gasteiger partial charge in [-0.15, -0.1) is 12.3 Å². The number of hydrogen-bond acceptors (Lipinski definition) is 1. The van der Waals surface area contributed by atoms with E-state index >= 15 is 0 Å². The summed E-state index contributed by atoms with van der Waals surface area (Å²) < 4.78 is 0. The van der Waals surface area contributed by atoms with Crippen LogP contribution >= 0.6 is 0 Å². The van der Waals surface area contributed by atoms with E-state index in [-0.39, 0.29) is 6.10 Å². The lowest BCUT2D eigenvalue weighted by molar-refractivity contribution is 0.0983. The van der Waals surface area contributed by atoms with Gasteiger partial charge in [0.25, 0.3) is 0 Å². The first kappa shape index (κ1) is 10.6. The van der Waals surface area contributed by atoms with E-state index in [4.69, 9.17) is 6.42 Å². The molecule has 1 aliphatic carbocycles. The summed E-state index contributed by atoms with van der Waals surface area (Å²) in [5.74, 6) is 3.97. The summed E-state index contributed by atoms with van der Waals surface area (Å²) in [6.07, 6.45) is 11.4. The molecule has 0 aromatic carbocycles. The number of aliphatic hydroxyl groups excluding tert-OH is 1. The van der Waals surface area contributed by atoms with Gasteiger partial charge in [-0.05, 0) is 37.5 Å². The molecule has 1 aliphatic rings. The standard InChI is InChI=1S/C12H20O/c1-3-4-5-6-12(13)11-8-7-10(2)9-11/h1,10-13H,4-9H2,2H3. The zero-order valence-corrected chi connectivity index (χ0v) is 8.50. The molecule has 0 radical (unpaired) electrons. The maximum absolute atomic E-state index is 9.82. The van der Waals surface area contributed by atoms with Crippen LogP contribution in [-0.2, 0) is 0 Å². The van der Waals surface area contributed by atoms with Crippen molar-refractivity contribution in [1.29, 1.82) is 0 Å². The summed E-state index contributed by atoms with van der Waals surface area (Å²) >= 11 is 0. The van der Waals surface area contributed by atoms with Crippen molar-refractivity contribution in [2.75, 3.05) is 0 Å². The number of hydrogen-bond donors (Lipinski definition) is 1. The minimum absolute atomic E-state index is 0.0988. The van der Waals surface area contributed by atoms with E-state index in [0.29, 0.717) is 5.92 Å². The van der Waals surface area contributed by atoms with Gasteiger partial charge in [-0.25, -0.2) is 0 Å². The summed E-state index contributed by atoms with van der Waals surface area (Å²) in [6.45, 7) is 2.27. The fraction of sp³-hybridized carbons (Fsp3) is 0.833. The van der Waals surface area contributed by atoms with Gasteiger partial charge in [0, 0.05) is 6.42 Å². The third-order valence-electron chi connectivity index (χ3n) is 3.10. The maximum Gasteiger partial charge on any atom is 0.0568 e. The predicted octanol–water partition coefficient (Wildman–Crippen LogP) is 2.59. The van der Waals surface area contributed by atoms with Crippen LogP contribution in [0.3, 0.4) is 0 Å². The van der Waals surface area contributed by atoms with Crippen LogP contribution in [0.25, 0.3) is 0 Å². The monoisotopic (exact) mass is 180 g/mol. The molecule has 3 unspecified atom stereocenters. The van der Waals surface area contributed by atoms with Gasteiger partial charge in [-0.2, -0.15) is 0 Å². The molecule has 0 spiro atoms. The second-order valence-corrected chi connectivity index (χ2v) is 4.34. The van der Waals surface area contributed by atoms with Gasteiger partial charge in [-0.3, -0.25) is 0 Å². The molecule has 0 amide bonds. The van der Waals surface area contributed by atoms with Crippen molar-refractivity contribution < 1.29 is 5.11 Å². The Morgan fingerprint density at radius 2 is 2.31 bits per heavy atom. The topological polar surface area (TPSA) is 20.2 Å². The lowest BCUT2D eigenvalue weighted by Crippen LogP contribution is -2.17. The van der Waals surface area contributed by atoms with E-state index in [1.807, 2.05) is 0 Å². The van der Waals surface area contributed by atoms with Gasteiger partial charge in [0.1, 0.15) is 0 Å². The maximum atomic E-state index is 9.82. The zero-order chi connectivity index (χ0) is 9.68. The Morgan fingerprint density at radius 3 is 2.85 bits per heavy atom. The minimum Gasteiger partial charge on any atom is -0.393 e. The highest BCUT2D eigenvalue weighted by molar-refractivity contribution is 4.84. The smallest absolute Gasteiger partial charge is 0.0568 e. The van der Waals surface area contributed by atoms with Crippen molar-refractivity contribution in [3.8, 4) is 12.3 Å². The zero-order valence-electron chi connectivity index (χ0n) is 8.50. The lowest BCUT2D eigenvalue weighted by atomic mass is 9.95. The molecule has 1 heteroatoms. The Bertz CT molecular complexity index is 180. The Morgan fingerprint density at radius 1 is 1.54 bits per heavy atom. The molecule has 0 bridgehead atoms. The van der Waals surface area contributed by atoms with Crippen LogP contribution in [0.1, 0.15) is 45.4 Å². The Hall–Kier alpha value is -0.480. The van der Waals surface area contributed by atoms with E-state index in [9.17, 15) is 5.11 Å². The molecule has 1 nitrogen and oxygen atoms in total. The van der Waals surface area contributed by atoms with Crippen molar-refractivity contribution >= 4 is 0 Å². The number of rotatable bonds is 4. The molecule has 1 N–H and O–H groups in total. The van der Waals surface area contributed by atoms with Crippen molar-refractivity contribution in [3.63, 3.8) is 0 Å². The van der Waals surface area contributed by atoms with E-state index < -0.39 is 0 Å². The third kappa shape index (κ3) is 3.40. The summed E-state index contributed by atoms with van der Waals surface area (Å²) in [4.78, 5) is 0. The number of terminal acetylenes is 1. The van der Waals surface area contributed by atoms with Gasteiger partial charge in [0.15, 0.2) is 0 Å². The molecular weight excluding hydrogens is 160 g/mol. The highest BCUT2D eigenvalue weighted by Crippen LogP contribution is 2.33. The Labute approximate surface area is 81.5 Å². The van der Waals surface area contributed by atoms with Gasteiger partial charge in [-0.1, -0.05) is 13.3 Å². The summed E-state index contributed by atoms with van der Waals surface area (Å²) in [5, 5.41) is 9.82. The van der Waals surface area contributed by atoms with Crippen LogP contribution in [0.15, 0.2) is 0 Å². The second-order valence-electron chi connectivity index (χ2n) is 4.34. The normalized spacial score (nSPS) is 29.9. The molecule has 3 atom stereocenters. The van der Waals surface area contributed by atoms with Gasteiger partial charge in [0.05, 0.1) is 6.10 Å². The average Bonchev–Trinajstić information content (AvgIpc) is 2.52. The lowest BCUT2D eigenvalue weighted by Gasteiger charge is -2.17. The molecule has 0 heterocycles. The molecule has 1 rings (SSSR count). The molecule has 0 aliphatic heterocycles. The molecule has 0 aromatic heterocycles. The van der Waals surface area contributed by atoms with Crippen molar-refractivity contribution in [1.82, 2.24) is 0 Å². The fourth-order valence-corrected chi connectivity index (χ4v) is 2.25. The Kier molecular flexibility index (Phi) is 4.32. The van der Waals surface area contributed by atoms with E-state index in [1.54, 1.807) is 0 Å². The fourth-order valence-electron chi connectivity index (χ4n) is 2.25. The van der Waals surface area contributed by atoms with Crippen LogP contribution in [0.2, 0.25) is 0 Å². The van der Waals surface area contributed by atoms with Gasteiger partial charge in [0.2, 0.25) is 0 Å². The van der Waals surface area contributed by atoms with Crippen LogP contribution in [0.5, 0.6) is 0 Å². The third-order valence-corrected chi connectivity index (χ3v) is 3.10.